The monoisotopic (exact) mass is 306 g/mol. The summed E-state index contributed by atoms with van der Waals surface area (Å²) in [7, 11) is 0. The number of carbonyl (C=O) groups is 1. The van der Waals surface area contributed by atoms with Crippen molar-refractivity contribution in [1.82, 2.24) is 4.90 Å². The Labute approximate surface area is 130 Å². The fourth-order valence-corrected chi connectivity index (χ4v) is 3.00. The number of likely N-dealkylation sites (tertiary alicyclic amines) is 1. The van der Waals surface area contributed by atoms with Gasteiger partial charge in [-0.3, -0.25) is 10.1 Å². The van der Waals surface area contributed by atoms with Gasteiger partial charge in [-0.15, -0.1) is 0 Å². The molecule has 1 aromatic rings. The second kappa shape index (κ2) is 7.24. The van der Waals surface area contributed by atoms with Crippen LogP contribution < -0.4 is 0 Å². The summed E-state index contributed by atoms with van der Waals surface area (Å²) in [6, 6.07) is 9.47. The molecule has 1 aromatic carbocycles. The topological polar surface area (TPSA) is 72.7 Å². The van der Waals surface area contributed by atoms with Crippen LogP contribution in [0.2, 0.25) is 0 Å². The molecule has 22 heavy (non-hydrogen) atoms. The zero-order valence-electron chi connectivity index (χ0n) is 13.0. The summed E-state index contributed by atoms with van der Waals surface area (Å²) in [6.45, 7) is 5.14. The minimum Gasteiger partial charge on any atom is -0.445 e. The molecule has 1 aliphatic rings. The Morgan fingerprint density at radius 1 is 1.36 bits per heavy atom. The highest BCUT2D eigenvalue weighted by Crippen LogP contribution is 2.30. The fourth-order valence-electron chi connectivity index (χ4n) is 3.00. The summed E-state index contributed by atoms with van der Waals surface area (Å²) in [6.07, 6.45) is -0.389. The number of rotatable bonds is 5. The van der Waals surface area contributed by atoms with E-state index in [1.54, 1.807) is 4.90 Å². The van der Waals surface area contributed by atoms with Crippen LogP contribution in [-0.2, 0) is 11.3 Å². The molecule has 0 radical (unpaired) electrons. The number of nitrogens with zero attached hydrogens (tertiary/aromatic N) is 2. The third-order valence-corrected chi connectivity index (χ3v) is 4.19. The van der Waals surface area contributed by atoms with Crippen LogP contribution in [0.15, 0.2) is 30.3 Å². The van der Waals surface area contributed by atoms with Gasteiger partial charge in [0.25, 0.3) is 0 Å². The lowest BCUT2D eigenvalue weighted by atomic mass is 9.86. The van der Waals surface area contributed by atoms with Crippen LogP contribution in [0, 0.1) is 27.9 Å². The Morgan fingerprint density at radius 3 is 2.64 bits per heavy atom. The van der Waals surface area contributed by atoms with Crippen LogP contribution in [0.1, 0.15) is 19.4 Å². The first-order valence-electron chi connectivity index (χ1n) is 7.54. The third-order valence-electron chi connectivity index (χ3n) is 4.19. The van der Waals surface area contributed by atoms with Crippen molar-refractivity contribution < 1.29 is 14.5 Å². The zero-order chi connectivity index (χ0) is 16.1. The van der Waals surface area contributed by atoms with Crippen molar-refractivity contribution in [3.05, 3.63) is 46.0 Å². The van der Waals surface area contributed by atoms with E-state index >= 15 is 0 Å². The normalized spacial score (nSPS) is 21.1. The smallest absolute Gasteiger partial charge is 0.410 e. The molecule has 1 heterocycles. The molecule has 0 unspecified atom stereocenters. The van der Waals surface area contributed by atoms with Gasteiger partial charge < -0.3 is 9.64 Å². The first-order chi connectivity index (χ1) is 10.5. The maximum Gasteiger partial charge on any atom is 0.410 e. The second-order valence-corrected chi connectivity index (χ2v) is 6.13. The molecular weight excluding hydrogens is 284 g/mol. The Kier molecular flexibility index (Phi) is 5.35. The van der Waals surface area contributed by atoms with E-state index < -0.39 is 0 Å². The van der Waals surface area contributed by atoms with E-state index in [9.17, 15) is 14.9 Å². The highest BCUT2D eigenvalue weighted by Gasteiger charge is 2.40. The fraction of sp³-hybridized carbons (Fsp3) is 0.562. The van der Waals surface area contributed by atoms with Gasteiger partial charge in [0.1, 0.15) is 6.61 Å². The molecule has 0 saturated carbocycles. The number of benzene rings is 1. The molecule has 2 atom stereocenters. The molecule has 1 fully saturated rings. The van der Waals surface area contributed by atoms with Crippen molar-refractivity contribution in [3.63, 3.8) is 0 Å². The summed E-state index contributed by atoms with van der Waals surface area (Å²) in [5, 5.41) is 10.8. The van der Waals surface area contributed by atoms with E-state index in [-0.39, 0.29) is 36.0 Å². The number of carbonyl (C=O) groups excluding carboxylic acids is 1. The van der Waals surface area contributed by atoms with Crippen molar-refractivity contribution >= 4 is 6.09 Å². The molecule has 2 rings (SSSR count). The maximum atomic E-state index is 12.2. The standard InChI is InChI=1S/C16H22N2O4/c1-12(2)15-10-17(8-14(15)9-18(20)21)16(19)22-11-13-6-4-3-5-7-13/h3-7,12,14-15H,8-11H2,1-2H3/t14-,15+/m0/s1. The van der Waals surface area contributed by atoms with Gasteiger partial charge in [-0.2, -0.15) is 0 Å². The molecule has 0 bridgehead atoms. The van der Waals surface area contributed by atoms with Crippen molar-refractivity contribution in [1.29, 1.82) is 0 Å². The Morgan fingerprint density at radius 2 is 2.05 bits per heavy atom. The average molecular weight is 306 g/mol. The van der Waals surface area contributed by atoms with Crippen LogP contribution in [0.3, 0.4) is 0 Å². The molecular formula is C16H22N2O4. The number of nitro groups is 1. The molecule has 1 aliphatic heterocycles. The van der Waals surface area contributed by atoms with Gasteiger partial charge in [-0.25, -0.2) is 4.79 Å². The van der Waals surface area contributed by atoms with Gasteiger partial charge in [0.15, 0.2) is 0 Å². The molecule has 0 aliphatic carbocycles. The van der Waals surface area contributed by atoms with Crippen LogP contribution >= 0.6 is 0 Å². The van der Waals surface area contributed by atoms with Crippen LogP contribution in [0.5, 0.6) is 0 Å². The van der Waals surface area contributed by atoms with Crippen LogP contribution in [0.25, 0.3) is 0 Å². The summed E-state index contributed by atoms with van der Waals surface area (Å²) < 4.78 is 5.31. The van der Waals surface area contributed by atoms with Crippen molar-refractivity contribution in [2.24, 2.45) is 17.8 Å². The number of amides is 1. The van der Waals surface area contributed by atoms with Gasteiger partial charge in [0.05, 0.1) is 0 Å². The van der Waals surface area contributed by atoms with Gasteiger partial charge in [0, 0.05) is 23.9 Å². The van der Waals surface area contributed by atoms with Crippen molar-refractivity contribution in [3.8, 4) is 0 Å². The largest absolute Gasteiger partial charge is 0.445 e. The first-order valence-corrected chi connectivity index (χ1v) is 7.54. The third kappa shape index (κ3) is 4.19. The quantitative estimate of drug-likeness (QED) is 0.619. The van der Waals surface area contributed by atoms with Crippen LogP contribution in [0.4, 0.5) is 4.79 Å². The summed E-state index contributed by atoms with van der Waals surface area (Å²) >= 11 is 0. The molecule has 0 aromatic heterocycles. The van der Waals surface area contributed by atoms with E-state index in [0.717, 1.165) is 5.56 Å². The molecule has 1 amide bonds. The lowest BCUT2D eigenvalue weighted by Crippen LogP contribution is -2.30. The maximum absolute atomic E-state index is 12.2. The average Bonchev–Trinajstić information content (AvgIpc) is 2.89. The van der Waals surface area contributed by atoms with Gasteiger partial charge in [-0.05, 0) is 17.4 Å². The van der Waals surface area contributed by atoms with Crippen molar-refractivity contribution in [2.45, 2.75) is 20.5 Å². The molecule has 0 N–H and O–H groups in total. The highest BCUT2D eigenvalue weighted by atomic mass is 16.6. The lowest BCUT2D eigenvalue weighted by molar-refractivity contribution is -0.489. The van der Waals surface area contributed by atoms with E-state index in [1.165, 1.54) is 0 Å². The Hall–Kier alpha value is -2.11. The Bertz CT molecular complexity index is 518. The molecule has 6 heteroatoms. The predicted molar refractivity (Wildman–Crippen MR) is 81.9 cm³/mol. The predicted octanol–water partition coefficient (Wildman–Crippen LogP) is 2.80. The Balaban J connectivity index is 1.91. The van der Waals surface area contributed by atoms with Gasteiger partial charge >= 0.3 is 6.09 Å². The number of ether oxygens (including phenoxy) is 1. The molecule has 1 saturated heterocycles. The molecule has 120 valence electrons. The molecule has 6 nitrogen and oxygen atoms in total. The molecule has 0 spiro atoms. The minimum absolute atomic E-state index is 0.0920. The first kappa shape index (κ1) is 16.3. The van der Waals surface area contributed by atoms with E-state index in [1.807, 2.05) is 44.2 Å². The van der Waals surface area contributed by atoms with Gasteiger partial charge in [-0.1, -0.05) is 44.2 Å². The summed E-state index contributed by atoms with van der Waals surface area (Å²) in [5.41, 5.74) is 0.928. The van der Waals surface area contributed by atoms with Gasteiger partial charge in [0.2, 0.25) is 6.54 Å². The number of hydrogen-bond acceptors (Lipinski definition) is 4. The lowest BCUT2D eigenvalue weighted by Gasteiger charge is -2.18. The second-order valence-electron chi connectivity index (χ2n) is 6.13. The number of hydrogen-bond donors (Lipinski definition) is 0. The SMILES string of the molecule is CC(C)[C@H]1CN(C(=O)OCc2ccccc2)C[C@H]1C[N+](=O)[O-]. The summed E-state index contributed by atoms with van der Waals surface area (Å²) in [4.78, 5) is 24.2. The van der Waals surface area contributed by atoms with E-state index in [0.29, 0.717) is 19.0 Å². The minimum atomic E-state index is -0.389. The highest BCUT2D eigenvalue weighted by molar-refractivity contribution is 5.68. The summed E-state index contributed by atoms with van der Waals surface area (Å²) in [5.74, 6) is 0.353. The van der Waals surface area contributed by atoms with Crippen LogP contribution in [-0.4, -0.2) is 35.6 Å². The van der Waals surface area contributed by atoms with E-state index in [2.05, 4.69) is 0 Å². The zero-order valence-corrected chi connectivity index (χ0v) is 13.0. The van der Waals surface area contributed by atoms with Crippen molar-refractivity contribution in [2.75, 3.05) is 19.6 Å². The van der Waals surface area contributed by atoms with E-state index in [4.69, 9.17) is 4.74 Å².